The normalized spacial score (nSPS) is 23.4. The number of piperidine rings is 1. The van der Waals surface area contributed by atoms with E-state index in [9.17, 15) is 14.0 Å². The van der Waals surface area contributed by atoms with Gasteiger partial charge in [0.2, 0.25) is 11.8 Å². The van der Waals surface area contributed by atoms with Crippen LogP contribution in [-0.2, 0) is 21.4 Å². The summed E-state index contributed by atoms with van der Waals surface area (Å²) >= 11 is 0. The van der Waals surface area contributed by atoms with E-state index < -0.39 is 0 Å². The fourth-order valence-electron chi connectivity index (χ4n) is 7.54. The van der Waals surface area contributed by atoms with Crippen LogP contribution in [0.5, 0.6) is 0 Å². The predicted octanol–water partition coefficient (Wildman–Crippen LogP) is 5.23. The second-order valence-corrected chi connectivity index (χ2v) is 11.6. The van der Waals surface area contributed by atoms with E-state index in [0.29, 0.717) is 13.0 Å². The van der Waals surface area contributed by atoms with Crippen molar-refractivity contribution in [3.63, 3.8) is 0 Å². The minimum atomic E-state index is -0.134. The van der Waals surface area contributed by atoms with Crippen molar-refractivity contribution in [2.75, 3.05) is 37.6 Å². The van der Waals surface area contributed by atoms with Gasteiger partial charge in [-0.3, -0.25) is 9.59 Å². The molecule has 2 aromatic carbocycles. The van der Waals surface area contributed by atoms with Gasteiger partial charge in [0.1, 0.15) is 5.82 Å². The topological polar surface area (TPSA) is 43.9 Å². The number of amides is 2. The van der Waals surface area contributed by atoms with Crippen LogP contribution in [0.3, 0.4) is 0 Å². The molecule has 1 unspecified atom stereocenters. The highest BCUT2D eigenvalue weighted by Gasteiger charge is 2.45. The highest BCUT2D eigenvalue weighted by atomic mass is 19.1. The molecule has 1 spiro atoms. The van der Waals surface area contributed by atoms with Gasteiger partial charge in [-0.25, -0.2) is 4.39 Å². The van der Waals surface area contributed by atoms with E-state index in [1.54, 1.807) is 19.1 Å². The van der Waals surface area contributed by atoms with Crippen molar-refractivity contribution in [1.29, 1.82) is 0 Å². The van der Waals surface area contributed by atoms with Crippen molar-refractivity contribution in [1.82, 2.24) is 9.80 Å². The molecule has 2 aromatic rings. The Morgan fingerprint density at radius 3 is 2.51 bits per heavy atom. The standard InChI is InChI=1S/C31H38FN3O2/c1-22(36)35-21-31(26-10-4-5-12-29(26)35)15-19-33(20-16-31)17-14-28-25-9-6-11-27(32)24(25)13-18-34(28)30(37)23-7-2-3-8-23/h4-6,9-12,23,28H,2-3,7-8,13-21H2,1H3. The van der Waals surface area contributed by atoms with Crippen LogP contribution in [0.25, 0.3) is 0 Å². The summed E-state index contributed by atoms with van der Waals surface area (Å²) in [5.41, 5.74) is 4.23. The molecule has 1 saturated carbocycles. The first kappa shape index (κ1) is 24.6. The lowest BCUT2D eigenvalue weighted by atomic mass is 9.74. The van der Waals surface area contributed by atoms with Crippen LogP contribution in [0.15, 0.2) is 42.5 Å². The van der Waals surface area contributed by atoms with E-state index >= 15 is 0 Å². The number of hydrogen-bond acceptors (Lipinski definition) is 3. The van der Waals surface area contributed by atoms with Crippen LogP contribution >= 0.6 is 0 Å². The zero-order valence-electron chi connectivity index (χ0n) is 21.9. The number of halogens is 1. The Balaban J connectivity index is 1.16. The molecule has 2 amide bonds. The third kappa shape index (κ3) is 4.37. The lowest BCUT2D eigenvalue weighted by Crippen LogP contribution is -2.47. The molecule has 0 aromatic heterocycles. The first-order valence-corrected chi connectivity index (χ1v) is 14.1. The number of anilines is 1. The maximum atomic E-state index is 14.7. The summed E-state index contributed by atoms with van der Waals surface area (Å²) in [4.78, 5) is 32.4. The number of fused-ring (bicyclic) bond motifs is 3. The fraction of sp³-hybridized carbons (Fsp3) is 0.548. The van der Waals surface area contributed by atoms with E-state index in [1.807, 2.05) is 17.0 Å². The quantitative estimate of drug-likeness (QED) is 0.574. The number of hydrogen-bond donors (Lipinski definition) is 0. The number of para-hydroxylation sites is 1. The van der Waals surface area contributed by atoms with Crippen molar-refractivity contribution in [3.05, 3.63) is 65.0 Å². The van der Waals surface area contributed by atoms with Crippen molar-refractivity contribution >= 4 is 17.5 Å². The third-order valence-corrected chi connectivity index (χ3v) is 9.62. The lowest BCUT2D eigenvalue weighted by molar-refractivity contribution is -0.138. The van der Waals surface area contributed by atoms with Crippen molar-refractivity contribution in [3.8, 4) is 0 Å². The number of carbonyl (C=O) groups is 2. The molecule has 196 valence electrons. The lowest BCUT2D eigenvalue weighted by Gasteiger charge is -2.42. The Morgan fingerprint density at radius 2 is 1.76 bits per heavy atom. The zero-order valence-corrected chi connectivity index (χ0v) is 21.9. The minimum absolute atomic E-state index is 0.0316. The molecule has 1 saturated heterocycles. The van der Waals surface area contributed by atoms with Crippen molar-refractivity contribution in [2.24, 2.45) is 5.92 Å². The van der Waals surface area contributed by atoms with Gasteiger partial charge >= 0.3 is 0 Å². The van der Waals surface area contributed by atoms with Gasteiger partial charge in [0.05, 0.1) is 6.04 Å². The van der Waals surface area contributed by atoms with E-state index in [2.05, 4.69) is 28.0 Å². The molecular formula is C31H38FN3O2. The molecular weight excluding hydrogens is 465 g/mol. The average Bonchev–Trinajstić information content (AvgIpc) is 3.56. The Hall–Kier alpha value is -2.73. The third-order valence-electron chi connectivity index (χ3n) is 9.62. The Labute approximate surface area is 219 Å². The number of carbonyl (C=O) groups excluding carboxylic acids is 2. The molecule has 1 atom stereocenters. The van der Waals surface area contributed by atoms with Gasteiger partial charge in [-0.1, -0.05) is 43.2 Å². The Bertz CT molecular complexity index is 1180. The van der Waals surface area contributed by atoms with Crippen molar-refractivity contribution < 1.29 is 14.0 Å². The molecule has 5 nitrogen and oxygen atoms in total. The maximum Gasteiger partial charge on any atom is 0.226 e. The molecule has 1 aliphatic carbocycles. The van der Waals surface area contributed by atoms with Gasteiger partial charge in [0, 0.05) is 43.6 Å². The molecule has 0 radical (unpaired) electrons. The minimum Gasteiger partial charge on any atom is -0.335 e. The molecule has 0 N–H and O–H groups in total. The van der Waals surface area contributed by atoms with Crippen molar-refractivity contribution in [2.45, 2.75) is 69.7 Å². The summed E-state index contributed by atoms with van der Waals surface area (Å²) in [6.07, 6.45) is 7.74. The molecule has 4 aliphatic rings. The predicted molar refractivity (Wildman–Crippen MR) is 143 cm³/mol. The largest absolute Gasteiger partial charge is 0.335 e. The van der Waals surface area contributed by atoms with Gasteiger partial charge in [-0.2, -0.15) is 0 Å². The summed E-state index contributed by atoms with van der Waals surface area (Å²) in [7, 11) is 0. The first-order valence-electron chi connectivity index (χ1n) is 14.1. The summed E-state index contributed by atoms with van der Waals surface area (Å²) in [6.45, 7) is 5.89. The maximum absolute atomic E-state index is 14.7. The SMILES string of the molecule is CC(=O)N1CC2(CCN(CCC3c4cccc(F)c4CCN3C(=O)C3CCCC3)CC2)c2ccccc21. The summed E-state index contributed by atoms with van der Waals surface area (Å²) in [5, 5.41) is 0. The average molecular weight is 504 g/mol. The summed E-state index contributed by atoms with van der Waals surface area (Å²) < 4.78 is 14.7. The van der Waals surface area contributed by atoms with E-state index in [-0.39, 0.29) is 35.0 Å². The second-order valence-electron chi connectivity index (χ2n) is 11.6. The first-order chi connectivity index (χ1) is 18.0. The fourth-order valence-corrected chi connectivity index (χ4v) is 7.54. The number of nitrogens with zero attached hydrogens (tertiary/aromatic N) is 3. The van der Waals surface area contributed by atoms with Crippen LogP contribution < -0.4 is 4.90 Å². The zero-order chi connectivity index (χ0) is 25.6. The molecule has 3 aliphatic heterocycles. The molecule has 2 fully saturated rings. The van der Waals surface area contributed by atoms with Crippen LogP contribution in [0.4, 0.5) is 10.1 Å². The number of rotatable bonds is 4. The molecule has 3 heterocycles. The molecule has 6 heteroatoms. The van der Waals surface area contributed by atoms with E-state index in [1.165, 1.54) is 5.56 Å². The summed E-state index contributed by atoms with van der Waals surface area (Å²) in [6, 6.07) is 13.7. The van der Waals surface area contributed by atoms with Crippen LogP contribution in [0.1, 0.15) is 74.6 Å². The van der Waals surface area contributed by atoms with Crippen LogP contribution in [0, 0.1) is 11.7 Å². The smallest absolute Gasteiger partial charge is 0.226 e. The number of likely N-dealkylation sites (tertiary alicyclic amines) is 1. The monoisotopic (exact) mass is 503 g/mol. The van der Waals surface area contributed by atoms with E-state index in [4.69, 9.17) is 0 Å². The Kier molecular flexibility index (Phi) is 6.56. The Morgan fingerprint density at radius 1 is 1.00 bits per heavy atom. The number of benzene rings is 2. The second kappa shape index (κ2) is 9.86. The highest BCUT2D eigenvalue weighted by molar-refractivity contribution is 5.94. The molecule has 0 bridgehead atoms. The van der Waals surface area contributed by atoms with Gasteiger partial charge in [0.15, 0.2) is 0 Å². The molecule has 6 rings (SSSR count). The summed E-state index contributed by atoms with van der Waals surface area (Å²) in [5.74, 6) is 0.397. The van der Waals surface area contributed by atoms with E-state index in [0.717, 1.165) is 87.9 Å². The molecule has 37 heavy (non-hydrogen) atoms. The van der Waals surface area contributed by atoms with Crippen LogP contribution in [0.2, 0.25) is 0 Å². The van der Waals surface area contributed by atoms with Gasteiger partial charge in [-0.05, 0) is 80.4 Å². The van der Waals surface area contributed by atoms with Gasteiger partial charge in [-0.15, -0.1) is 0 Å². The highest BCUT2D eigenvalue weighted by Crippen LogP contribution is 2.47. The van der Waals surface area contributed by atoms with Crippen LogP contribution in [-0.4, -0.2) is 54.3 Å². The van der Waals surface area contributed by atoms with Gasteiger partial charge in [0.25, 0.3) is 0 Å². The van der Waals surface area contributed by atoms with Gasteiger partial charge < -0.3 is 14.7 Å².